The van der Waals surface area contributed by atoms with Crippen LogP contribution >= 0.6 is 11.6 Å². The molecule has 0 saturated heterocycles. The van der Waals surface area contributed by atoms with Crippen LogP contribution in [0.2, 0.25) is 5.02 Å². The van der Waals surface area contributed by atoms with Crippen LogP contribution in [0.3, 0.4) is 0 Å². The predicted molar refractivity (Wildman–Crippen MR) is 80.6 cm³/mol. The number of nitrogens with zero attached hydrogens (tertiary/aromatic N) is 1. The van der Waals surface area contributed by atoms with E-state index < -0.39 is 15.8 Å². The van der Waals surface area contributed by atoms with E-state index in [0.717, 1.165) is 6.07 Å². The van der Waals surface area contributed by atoms with Crippen molar-refractivity contribution in [3.63, 3.8) is 0 Å². The van der Waals surface area contributed by atoms with Crippen LogP contribution in [0.1, 0.15) is 6.92 Å². The molecule has 1 aromatic heterocycles. The summed E-state index contributed by atoms with van der Waals surface area (Å²) >= 11 is 5.56. The lowest BCUT2D eigenvalue weighted by Gasteiger charge is -2.10. The van der Waals surface area contributed by atoms with Crippen LogP contribution in [0, 0.1) is 5.82 Å². The van der Waals surface area contributed by atoms with Gasteiger partial charge < -0.3 is 5.32 Å². The molecule has 21 heavy (non-hydrogen) atoms. The molecule has 112 valence electrons. The fraction of sp³-hybridized carbons (Fsp3) is 0.154. The highest BCUT2D eigenvalue weighted by atomic mass is 35.5. The second-order valence-electron chi connectivity index (χ2n) is 4.14. The molecule has 0 amide bonds. The summed E-state index contributed by atoms with van der Waals surface area (Å²) in [4.78, 5) is 4.03. The molecule has 0 spiro atoms. The number of aromatic nitrogens is 1. The van der Waals surface area contributed by atoms with E-state index in [1.165, 1.54) is 30.5 Å². The second-order valence-corrected chi connectivity index (χ2v) is 6.23. The molecule has 2 N–H and O–H groups in total. The van der Waals surface area contributed by atoms with Gasteiger partial charge in [-0.3, -0.25) is 4.72 Å². The zero-order valence-corrected chi connectivity index (χ0v) is 12.7. The molecule has 5 nitrogen and oxygen atoms in total. The maximum Gasteiger partial charge on any atom is 0.262 e. The predicted octanol–water partition coefficient (Wildman–Crippen LogP) is 3.11. The van der Waals surface area contributed by atoms with Crippen molar-refractivity contribution >= 4 is 33.1 Å². The molecule has 2 rings (SSSR count). The third-order valence-electron chi connectivity index (χ3n) is 2.57. The molecule has 0 fully saturated rings. The summed E-state index contributed by atoms with van der Waals surface area (Å²) in [6, 6.07) is 6.44. The Bertz CT molecular complexity index is 753. The van der Waals surface area contributed by atoms with Gasteiger partial charge in [0, 0.05) is 18.8 Å². The molecular formula is C13H13ClFN3O2S. The molecular weight excluding hydrogens is 317 g/mol. The van der Waals surface area contributed by atoms with Crippen LogP contribution in [-0.4, -0.2) is 19.9 Å². The summed E-state index contributed by atoms with van der Waals surface area (Å²) < 4.78 is 40.1. The quantitative estimate of drug-likeness (QED) is 0.884. The van der Waals surface area contributed by atoms with Crippen molar-refractivity contribution in [2.45, 2.75) is 11.8 Å². The van der Waals surface area contributed by atoms with E-state index in [1.807, 2.05) is 6.92 Å². The van der Waals surface area contributed by atoms with E-state index in [4.69, 9.17) is 11.6 Å². The summed E-state index contributed by atoms with van der Waals surface area (Å²) in [6.45, 7) is 2.49. The first kappa shape index (κ1) is 15.5. The number of sulfonamides is 1. The van der Waals surface area contributed by atoms with Gasteiger partial charge in [-0.15, -0.1) is 0 Å². The lowest BCUT2D eigenvalue weighted by Crippen LogP contribution is -2.13. The van der Waals surface area contributed by atoms with Crippen LogP contribution in [0.4, 0.5) is 15.9 Å². The summed E-state index contributed by atoms with van der Waals surface area (Å²) in [5, 5.41) is 2.85. The molecule has 0 radical (unpaired) electrons. The van der Waals surface area contributed by atoms with Crippen LogP contribution in [0.25, 0.3) is 0 Å². The molecule has 1 heterocycles. The van der Waals surface area contributed by atoms with Crippen LogP contribution in [-0.2, 0) is 10.0 Å². The van der Waals surface area contributed by atoms with Crippen molar-refractivity contribution in [1.29, 1.82) is 0 Å². The number of rotatable bonds is 5. The molecule has 1 aromatic carbocycles. The van der Waals surface area contributed by atoms with Gasteiger partial charge in [-0.1, -0.05) is 11.6 Å². The molecule has 2 aromatic rings. The standard InChI is InChI=1S/C13H13ClFN3O2S/c1-2-16-13-8-10(5-6-17-13)21(19,20)18-9-3-4-11(14)12(15)7-9/h3-8,18H,2H2,1H3,(H,16,17). The van der Waals surface area contributed by atoms with E-state index in [2.05, 4.69) is 15.0 Å². The molecule has 0 bridgehead atoms. The van der Waals surface area contributed by atoms with E-state index in [0.29, 0.717) is 12.4 Å². The highest BCUT2D eigenvalue weighted by Crippen LogP contribution is 2.22. The summed E-state index contributed by atoms with van der Waals surface area (Å²) in [6.07, 6.45) is 1.38. The van der Waals surface area contributed by atoms with Crippen molar-refractivity contribution in [3.05, 3.63) is 47.4 Å². The normalized spacial score (nSPS) is 11.2. The van der Waals surface area contributed by atoms with Gasteiger partial charge in [0.1, 0.15) is 11.6 Å². The van der Waals surface area contributed by atoms with Gasteiger partial charge in [0.15, 0.2) is 0 Å². The first-order valence-electron chi connectivity index (χ1n) is 6.10. The van der Waals surface area contributed by atoms with Gasteiger partial charge >= 0.3 is 0 Å². The van der Waals surface area contributed by atoms with Crippen LogP contribution in [0.15, 0.2) is 41.4 Å². The van der Waals surface area contributed by atoms with E-state index in [1.54, 1.807) is 0 Å². The molecule has 0 atom stereocenters. The third kappa shape index (κ3) is 3.83. The number of anilines is 2. The Morgan fingerprint density at radius 1 is 1.29 bits per heavy atom. The van der Waals surface area contributed by atoms with Gasteiger partial charge in [0.05, 0.1) is 15.6 Å². The topological polar surface area (TPSA) is 71.1 Å². The van der Waals surface area contributed by atoms with Gasteiger partial charge in [0.2, 0.25) is 0 Å². The lowest BCUT2D eigenvalue weighted by molar-refractivity contribution is 0.601. The Morgan fingerprint density at radius 3 is 2.71 bits per heavy atom. The SMILES string of the molecule is CCNc1cc(S(=O)(=O)Nc2ccc(Cl)c(F)c2)ccn1. The minimum atomic E-state index is -3.82. The zero-order chi connectivity index (χ0) is 15.5. The fourth-order valence-electron chi connectivity index (χ4n) is 1.63. The van der Waals surface area contributed by atoms with E-state index in [9.17, 15) is 12.8 Å². The van der Waals surface area contributed by atoms with E-state index >= 15 is 0 Å². The van der Waals surface area contributed by atoms with Gasteiger partial charge in [-0.25, -0.2) is 17.8 Å². The highest BCUT2D eigenvalue weighted by Gasteiger charge is 2.15. The van der Waals surface area contributed by atoms with Gasteiger partial charge in [-0.2, -0.15) is 0 Å². The Labute approximate surface area is 127 Å². The Kier molecular flexibility index (Phi) is 4.64. The number of benzene rings is 1. The van der Waals surface area contributed by atoms with Crippen molar-refractivity contribution in [1.82, 2.24) is 4.98 Å². The number of pyridine rings is 1. The van der Waals surface area contributed by atoms with Gasteiger partial charge in [-0.05, 0) is 31.2 Å². The number of hydrogen-bond acceptors (Lipinski definition) is 4. The van der Waals surface area contributed by atoms with Crippen LogP contribution in [0.5, 0.6) is 0 Å². The first-order valence-corrected chi connectivity index (χ1v) is 7.96. The monoisotopic (exact) mass is 329 g/mol. The average Bonchev–Trinajstić information content (AvgIpc) is 2.43. The van der Waals surface area contributed by atoms with Crippen molar-refractivity contribution < 1.29 is 12.8 Å². The van der Waals surface area contributed by atoms with Crippen molar-refractivity contribution in [3.8, 4) is 0 Å². The zero-order valence-electron chi connectivity index (χ0n) is 11.1. The van der Waals surface area contributed by atoms with Crippen LogP contribution < -0.4 is 10.0 Å². The molecule has 0 unspecified atom stereocenters. The smallest absolute Gasteiger partial charge is 0.262 e. The molecule has 0 aliphatic rings. The maximum absolute atomic E-state index is 13.3. The molecule has 0 aliphatic carbocycles. The largest absolute Gasteiger partial charge is 0.370 e. The molecule has 0 aliphatic heterocycles. The Hall–Kier alpha value is -1.86. The minimum absolute atomic E-state index is 0.0313. The number of hydrogen-bond donors (Lipinski definition) is 2. The van der Waals surface area contributed by atoms with Crippen molar-refractivity contribution in [2.24, 2.45) is 0 Å². The summed E-state index contributed by atoms with van der Waals surface area (Å²) in [7, 11) is -3.82. The Balaban J connectivity index is 2.29. The maximum atomic E-state index is 13.3. The van der Waals surface area contributed by atoms with E-state index in [-0.39, 0.29) is 15.6 Å². The second kappa shape index (κ2) is 6.28. The number of halogens is 2. The fourth-order valence-corrected chi connectivity index (χ4v) is 2.81. The van der Waals surface area contributed by atoms with Gasteiger partial charge in [0.25, 0.3) is 10.0 Å². The number of nitrogens with one attached hydrogen (secondary N) is 2. The summed E-state index contributed by atoms with van der Waals surface area (Å²) in [5.74, 6) is -0.248. The van der Waals surface area contributed by atoms with Crippen molar-refractivity contribution in [2.75, 3.05) is 16.6 Å². The summed E-state index contributed by atoms with van der Waals surface area (Å²) in [5.41, 5.74) is 0.0960. The molecule has 0 saturated carbocycles. The lowest BCUT2D eigenvalue weighted by atomic mass is 10.3. The average molecular weight is 330 g/mol. The molecule has 8 heteroatoms. The first-order chi connectivity index (χ1) is 9.92. The minimum Gasteiger partial charge on any atom is -0.370 e. The Morgan fingerprint density at radius 2 is 2.05 bits per heavy atom. The third-order valence-corrected chi connectivity index (χ3v) is 4.26. The highest BCUT2D eigenvalue weighted by molar-refractivity contribution is 7.92.